The number of likely N-dealkylation sites (tertiary alicyclic amines) is 1. The lowest BCUT2D eigenvalue weighted by atomic mass is 9.88. The van der Waals surface area contributed by atoms with Crippen molar-refractivity contribution in [1.82, 2.24) is 10.2 Å². The Labute approximate surface area is 120 Å². The number of hydrogen-bond donors (Lipinski definition) is 1. The quantitative estimate of drug-likeness (QED) is 0.732. The molecule has 0 saturated carbocycles. The van der Waals surface area contributed by atoms with Crippen LogP contribution in [0, 0.1) is 5.92 Å². The zero-order valence-corrected chi connectivity index (χ0v) is 13.9. The highest BCUT2D eigenvalue weighted by Gasteiger charge is 2.39. The second-order valence-electron chi connectivity index (χ2n) is 7.60. The van der Waals surface area contributed by atoms with E-state index in [-0.39, 0.29) is 5.60 Å². The Bertz CT molecular complexity index is 239. The monoisotopic (exact) mass is 270 g/mol. The normalized spacial score (nSPS) is 24.2. The molecule has 3 nitrogen and oxygen atoms in total. The second-order valence-corrected chi connectivity index (χ2v) is 7.60. The molecule has 0 aliphatic carbocycles. The average Bonchev–Trinajstić information content (AvgIpc) is 2.28. The van der Waals surface area contributed by atoms with Gasteiger partial charge in [0.2, 0.25) is 0 Å². The van der Waals surface area contributed by atoms with Crippen molar-refractivity contribution < 1.29 is 4.74 Å². The van der Waals surface area contributed by atoms with E-state index >= 15 is 0 Å². The predicted octanol–water partition coefficient (Wildman–Crippen LogP) is 2.90. The molecule has 2 heterocycles. The number of nitrogens with one attached hydrogen (secondary N) is 1. The molecule has 2 fully saturated rings. The minimum Gasteiger partial charge on any atom is -0.372 e. The lowest BCUT2D eigenvalue weighted by Gasteiger charge is -2.47. The van der Waals surface area contributed by atoms with Gasteiger partial charge in [0, 0.05) is 31.7 Å². The molecule has 2 rings (SSSR count). The summed E-state index contributed by atoms with van der Waals surface area (Å²) in [6.45, 7) is 18.7. The summed E-state index contributed by atoms with van der Waals surface area (Å²) in [6, 6.07) is 0. The van der Waals surface area contributed by atoms with Crippen LogP contribution in [0.4, 0.5) is 0 Å². The Balaban J connectivity index is 0.000000399. The zero-order valence-electron chi connectivity index (χ0n) is 13.9. The van der Waals surface area contributed by atoms with Gasteiger partial charge in [-0.15, -0.1) is 0 Å². The fourth-order valence-corrected chi connectivity index (χ4v) is 2.61. The van der Waals surface area contributed by atoms with E-state index in [1.165, 1.54) is 25.9 Å². The summed E-state index contributed by atoms with van der Waals surface area (Å²) in [6.07, 6.45) is 2.36. The molecule has 1 N–H and O–H groups in total. The molecule has 0 unspecified atom stereocenters. The van der Waals surface area contributed by atoms with Crippen LogP contribution in [-0.2, 0) is 4.74 Å². The van der Waals surface area contributed by atoms with Gasteiger partial charge in [-0.2, -0.15) is 0 Å². The molecule has 2 saturated heterocycles. The van der Waals surface area contributed by atoms with Gasteiger partial charge in [0.25, 0.3) is 0 Å². The summed E-state index contributed by atoms with van der Waals surface area (Å²) in [5.74, 6) is 0.833. The highest BCUT2D eigenvalue weighted by Crippen LogP contribution is 2.30. The first kappa shape index (κ1) is 16.9. The molecule has 19 heavy (non-hydrogen) atoms. The Kier molecular flexibility index (Phi) is 6.28. The molecule has 1 spiro atoms. The predicted molar refractivity (Wildman–Crippen MR) is 82.6 cm³/mol. The first-order valence-electron chi connectivity index (χ1n) is 7.85. The first-order chi connectivity index (χ1) is 8.75. The van der Waals surface area contributed by atoms with Gasteiger partial charge in [0.15, 0.2) is 0 Å². The van der Waals surface area contributed by atoms with Crippen LogP contribution in [-0.4, -0.2) is 48.8 Å². The number of rotatable bonds is 0. The van der Waals surface area contributed by atoms with Crippen LogP contribution in [0.5, 0.6) is 0 Å². The molecule has 0 aromatic rings. The molecule has 0 aromatic heterocycles. The van der Waals surface area contributed by atoms with Crippen LogP contribution in [0.15, 0.2) is 0 Å². The van der Waals surface area contributed by atoms with Crippen LogP contribution in [0.3, 0.4) is 0 Å². The molecular weight excluding hydrogens is 236 g/mol. The Morgan fingerprint density at radius 3 is 2.00 bits per heavy atom. The minimum atomic E-state index is 0.153. The lowest BCUT2D eigenvalue weighted by Crippen LogP contribution is -2.58. The third kappa shape index (κ3) is 5.80. The minimum absolute atomic E-state index is 0.153. The standard InChI is InChI=1S/C12H24N2O.C4H10/c1-11(2,3)14-7-4-12(5-8-14)10-13-6-9-15-12;1-4(2)3/h13H,4-10H2,1-3H3;4H,1-3H3. The Morgan fingerprint density at radius 2 is 1.63 bits per heavy atom. The first-order valence-corrected chi connectivity index (χ1v) is 7.85. The second kappa shape index (κ2) is 7.05. The van der Waals surface area contributed by atoms with Crippen molar-refractivity contribution in [3.8, 4) is 0 Å². The number of piperidine rings is 1. The van der Waals surface area contributed by atoms with Crippen LogP contribution in [0.25, 0.3) is 0 Å². The van der Waals surface area contributed by atoms with Gasteiger partial charge in [0.05, 0.1) is 12.2 Å². The molecule has 0 atom stereocenters. The van der Waals surface area contributed by atoms with E-state index in [1.807, 2.05) is 0 Å². The summed E-state index contributed by atoms with van der Waals surface area (Å²) in [5, 5.41) is 3.46. The fraction of sp³-hybridized carbons (Fsp3) is 1.00. The van der Waals surface area contributed by atoms with E-state index in [4.69, 9.17) is 4.74 Å². The molecule has 2 aliphatic rings. The van der Waals surface area contributed by atoms with E-state index in [0.29, 0.717) is 5.54 Å². The van der Waals surface area contributed by atoms with Gasteiger partial charge in [0.1, 0.15) is 0 Å². The number of hydrogen-bond acceptors (Lipinski definition) is 3. The highest BCUT2D eigenvalue weighted by atomic mass is 16.5. The lowest BCUT2D eigenvalue weighted by molar-refractivity contribution is -0.109. The van der Waals surface area contributed by atoms with E-state index in [9.17, 15) is 0 Å². The Hall–Kier alpha value is -0.120. The number of ether oxygens (including phenoxy) is 1. The van der Waals surface area contributed by atoms with Crippen LogP contribution < -0.4 is 5.32 Å². The van der Waals surface area contributed by atoms with Crippen LogP contribution >= 0.6 is 0 Å². The van der Waals surface area contributed by atoms with Crippen molar-refractivity contribution in [2.75, 3.05) is 32.8 Å². The molecule has 0 bridgehead atoms. The topological polar surface area (TPSA) is 24.5 Å². The highest BCUT2D eigenvalue weighted by molar-refractivity contribution is 4.94. The summed E-state index contributed by atoms with van der Waals surface area (Å²) in [4.78, 5) is 2.57. The van der Waals surface area contributed by atoms with Crippen molar-refractivity contribution in [3.63, 3.8) is 0 Å². The third-order valence-corrected chi connectivity index (χ3v) is 3.76. The third-order valence-electron chi connectivity index (χ3n) is 3.76. The maximum Gasteiger partial charge on any atom is 0.0831 e. The van der Waals surface area contributed by atoms with Gasteiger partial charge < -0.3 is 10.1 Å². The van der Waals surface area contributed by atoms with Gasteiger partial charge in [-0.3, -0.25) is 4.90 Å². The molecule has 0 amide bonds. The molecule has 2 aliphatic heterocycles. The van der Waals surface area contributed by atoms with Crippen LogP contribution in [0.2, 0.25) is 0 Å². The van der Waals surface area contributed by atoms with Crippen molar-refractivity contribution in [2.45, 2.75) is 65.5 Å². The van der Waals surface area contributed by atoms with E-state index in [1.54, 1.807) is 0 Å². The van der Waals surface area contributed by atoms with Crippen molar-refractivity contribution >= 4 is 0 Å². The molecule has 0 aromatic carbocycles. The van der Waals surface area contributed by atoms with E-state index in [2.05, 4.69) is 51.8 Å². The molecule has 114 valence electrons. The maximum atomic E-state index is 5.98. The van der Waals surface area contributed by atoms with Gasteiger partial charge >= 0.3 is 0 Å². The summed E-state index contributed by atoms with van der Waals surface area (Å²) < 4.78 is 5.98. The summed E-state index contributed by atoms with van der Waals surface area (Å²) in [7, 11) is 0. The van der Waals surface area contributed by atoms with Gasteiger partial charge in [-0.05, 0) is 39.5 Å². The van der Waals surface area contributed by atoms with Crippen molar-refractivity contribution in [2.24, 2.45) is 5.92 Å². The molecular formula is C16H34N2O. The molecule has 0 radical (unpaired) electrons. The van der Waals surface area contributed by atoms with Gasteiger partial charge in [-0.1, -0.05) is 20.8 Å². The van der Waals surface area contributed by atoms with Crippen molar-refractivity contribution in [3.05, 3.63) is 0 Å². The van der Waals surface area contributed by atoms with Crippen molar-refractivity contribution in [1.29, 1.82) is 0 Å². The number of nitrogens with zero attached hydrogens (tertiary/aromatic N) is 1. The van der Waals surface area contributed by atoms with Crippen LogP contribution in [0.1, 0.15) is 54.4 Å². The smallest absolute Gasteiger partial charge is 0.0831 e. The summed E-state index contributed by atoms with van der Waals surface area (Å²) >= 11 is 0. The van der Waals surface area contributed by atoms with Gasteiger partial charge in [-0.25, -0.2) is 0 Å². The zero-order chi connectivity index (χ0) is 14.5. The summed E-state index contributed by atoms with van der Waals surface area (Å²) in [5.41, 5.74) is 0.462. The van der Waals surface area contributed by atoms with E-state index < -0.39 is 0 Å². The Morgan fingerprint density at radius 1 is 1.11 bits per heavy atom. The maximum absolute atomic E-state index is 5.98. The average molecular weight is 270 g/mol. The largest absolute Gasteiger partial charge is 0.372 e. The fourth-order valence-electron chi connectivity index (χ4n) is 2.61. The SMILES string of the molecule is CC(C)(C)N1CCC2(CC1)CNCCO2.CC(C)C. The molecule has 3 heteroatoms. The number of morpholine rings is 1. The van der Waals surface area contributed by atoms with E-state index in [0.717, 1.165) is 25.6 Å².